The van der Waals surface area contributed by atoms with Crippen molar-refractivity contribution in [2.24, 2.45) is 0 Å². The number of hydrogen-bond acceptors (Lipinski definition) is 5. The average Bonchev–Trinajstić information content (AvgIpc) is 3.12. The summed E-state index contributed by atoms with van der Waals surface area (Å²) in [7, 11) is 0. The van der Waals surface area contributed by atoms with Gasteiger partial charge in [-0.1, -0.05) is 36.6 Å². The Morgan fingerprint density at radius 3 is 2.68 bits per heavy atom. The van der Waals surface area contributed by atoms with Crippen LogP contribution in [-0.4, -0.2) is 56.8 Å². The summed E-state index contributed by atoms with van der Waals surface area (Å²) in [6, 6.07) is 7.18. The van der Waals surface area contributed by atoms with Crippen LogP contribution in [-0.2, 0) is 11.3 Å². The van der Waals surface area contributed by atoms with Crippen molar-refractivity contribution < 1.29 is 9.84 Å². The Balaban J connectivity index is 1.56. The largest absolute Gasteiger partial charge is 0.508 e. The van der Waals surface area contributed by atoms with Gasteiger partial charge < -0.3 is 9.84 Å². The molecule has 134 valence electrons. The first-order valence-electron chi connectivity index (χ1n) is 9.28. The summed E-state index contributed by atoms with van der Waals surface area (Å²) in [5, 5.41) is 18.4. The lowest BCUT2D eigenvalue weighted by Crippen LogP contribution is -2.56. The van der Waals surface area contributed by atoms with E-state index in [4.69, 9.17) is 4.74 Å². The van der Waals surface area contributed by atoms with Crippen LogP contribution in [0.4, 0.5) is 0 Å². The minimum atomic E-state index is 0.172. The molecule has 1 saturated heterocycles. The second-order valence-electron chi connectivity index (χ2n) is 7.24. The first-order chi connectivity index (χ1) is 12.3. The molecule has 1 aliphatic carbocycles. The van der Waals surface area contributed by atoms with Crippen molar-refractivity contribution in [2.75, 3.05) is 26.3 Å². The number of benzene rings is 1. The van der Waals surface area contributed by atoms with E-state index in [1.807, 2.05) is 23.0 Å². The molecule has 1 aromatic carbocycles. The van der Waals surface area contributed by atoms with E-state index in [2.05, 4.69) is 15.2 Å². The average molecular weight is 342 g/mol. The van der Waals surface area contributed by atoms with E-state index in [-0.39, 0.29) is 11.3 Å². The van der Waals surface area contributed by atoms with Crippen LogP contribution >= 0.6 is 0 Å². The molecule has 0 amide bonds. The van der Waals surface area contributed by atoms with E-state index in [1.165, 1.54) is 32.1 Å². The van der Waals surface area contributed by atoms with Gasteiger partial charge in [-0.15, -0.1) is 5.10 Å². The van der Waals surface area contributed by atoms with Gasteiger partial charge in [0.2, 0.25) is 0 Å². The SMILES string of the molecule is Oc1cccc(-c2cn(CC3(N4CCOCC4)CCCCC3)nn2)c1. The van der Waals surface area contributed by atoms with Crippen LogP contribution in [0.2, 0.25) is 0 Å². The molecule has 0 spiro atoms. The fourth-order valence-corrected chi connectivity index (χ4v) is 4.30. The molecule has 0 atom stereocenters. The third-order valence-electron chi connectivity index (χ3n) is 5.60. The normalized spacial score (nSPS) is 21.3. The Morgan fingerprint density at radius 2 is 1.92 bits per heavy atom. The maximum atomic E-state index is 9.68. The molecule has 1 aliphatic heterocycles. The number of rotatable bonds is 4. The summed E-state index contributed by atoms with van der Waals surface area (Å²) in [6.07, 6.45) is 8.34. The van der Waals surface area contributed by atoms with Crippen molar-refractivity contribution in [1.29, 1.82) is 0 Å². The van der Waals surface area contributed by atoms with Gasteiger partial charge in [0, 0.05) is 24.2 Å². The molecular weight excluding hydrogens is 316 g/mol. The topological polar surface area (TPSA) is 63.4 Å². The van der Waals surface area contributed by atoms with Crippen molar-refractivity contribution >= 4 is 0 Å². The summed E-state index contributed by atoms with van der Waals surface area (Å²) in [5.41, 5.74) is 1.88. The van der Waals surface area contributed by atoms with Crippen LogP contribution in [0.5, 0.6) is 5.75 Å². The number of aromatic hydroxyl groups is 1. The highest BCUT2D eigenvalue weighted by Gasteiger charge is 2.39. The minimum absolute atomic E-state index is 0.172. The van der Waals surface area contributed by atoms with Gasteiger partial charge in [-0.25, -0.2) is 0 Å². The summed E-state index contributed by atoms with van der Waals surface area (Å²) < 4.78 is 7.55. The minimum Gasteiger partial charge on any atom is -0.508 e. The van der Waals surface area contributed by atoms with Gasteiger partial charge in [-0.2, -0.15) is 0 Å². The molecule has 2 aliphatic rings. The first kappa shape index (κ1) is 16.5. The zero-order chi connectivity index (χ0) is 17.1. The zero-order valence-corrected chi connectivity index (χ0v) is 14.6. The highest BCUT2D eigenvalue weighted by Crippen LogP contribution is 2.36. The number of phenols is 1. The molecule has 0 unspecified atom stereocenters. The maximum absolute atomic E-state index is 9.68. The molecule has 6 nitrogen and oxygen atoms in total. The van der Waals surface area contributed by atoms with E-state index >= 15 is 0 Å². The lowest BCUT2D eigenvalue weighted by atomic mass is 9.80. The smallest absolute Gasteiger partial charge is 0.116 e. The monoisotopic (exact) mass is 342 g/mol. The van der Waals surface area contributed by atoms with Gasteiger partial charge in [0.1, 0.15) is 11.4 Å². The van der Waals surface area contributed by atoms with Gasteiger partial charge in [0.15, 0.2) is 0 Å². The van der Waals surface area contributed by atoms with Gasteiger partial charge in [0.25, 0.3) is 0 Å². The maximum Gasteiger partial charge on any atom is 0.116 e. The van der Waals surface area contributed by atoms with Crippen LogP contribution in [0.1, 0.15) is 32.1 Å². The fraction of sp³-hybridized carbons (Fsp3) is 0.579. The van der Waals surface area contributed by atoms with E-state index in [0.29, 0.717) is 0 Å². The molecule has 1 aromatic heterocycles. The predicted octanol–water partition coefficient (Wildman–Crippen LogP) is 2.69. The van der Waals surface area contributed by atoms with Crippen LogP contribution in [0.15, 0.2) is 30.5 Å². The van der Waals surface area contributed by atoms with Crippen LogP contribution < -0.4 is 0 Å². The van der Waals surface area contributed by atoms with Crippen molar-refractivity contribution in [3.63, 3.8) is 0 Å². The van der Waals surface area contributed by atoms with Gasteiger partial charge in [-0.05, 0) is 25.0 Å². The van der Waals surface area contributed by atoms with Crippen molar-refractivity contribution in [3.8, 4) is 17.0 Å². The molecule has 2 heterocycles. The standard InChI is InChI=1S/C19H26N4O2/c24-17-6-4-5-16(13-17)18-14-23(21-20-18)15-19(7-2-1-3-8-19)22-9-11-25-12-10-22/h4-6,13-14,24H,1-3,7-12,15H2. The Labute approximate surface area is 148 Å². The molecule has 2 fully saturated rings. The summed E-state index contributed by atoms with van der Waals surface area (Å²) >= 11 is 0. The van der Waals surface area contributed by atoms with Gasteiger partial charge >= 0.3 is 0 Å². The molecule has 1 saturated carbocycles. The third kappa shape index (κ3) is 3.55. The summed E-state index contributed by atoms with van der Waals surface area (Å²) in [4.78, 5) is 2.62. The number of nitrogens with zero attached hydrogens (tertiary/aromatic N) is 4. The molecule has 6 heteroatoms. The van der Waals surface area contributed by atoms with E-state index in [0.717, 1.165) is 44.1 Å². The Kier molecular flexibility index (Phi) is 4.72. The highest BCUT2D eigenvalue weighted by atomic mass is 16.5. The van der Waals surface area contributed by atoms with E-state index in [9.17, 15) is 5.11 Å². The molecule has 25 heavy (non-hydrogen) atoms. The number of hydrogen-bond donors (Lipinski definition) is 1. The Hall–Kier alpha value is -1.92. The number of aromatic nitrogens is 3. The van der Waals surface area contributed by atoms with Gasteiger partial charge in [-0.3, -0.25) is 9.58 Å². The van der Waals surface area contributed by atoms with Crippen LogP contribution in [0.25, 0.3) is 11.3 Å². The number of ether oxygens (including phenoxy) is 1. The number of phenolic OH excluding ortho intramolecular Hbond substituents is 1. The zero-order valence-electron chi connectivity index (χ0n) is 14.6. The van der Waals surface area contributed by atoms with E-state index in [1.54, 1.807) is 12.1 Å². The Bertz CT molecular complexity index is 703. The van der Waals surface area contributed by atoms with Crippen molar-refractivity contribution in [2.45, 2.75) is 44.2 Å². The second-order valence-corrected chi connectivity index (χ2v) is 7.24. The van der Waals surface area contributed by atoms with Crippen molar-refractivity contribution in [1.82, 2.24) is 19.9 Å². The van der Waals surface area contributed by atoms with E-state index < -0.39 is 0 Å². The molecular formula is C19H26N4O2. The third-order valence-corrected chi connectivity index (χ3v) is 5.60. The number of morpholine rings is 1. The lowest BCUT2D eigenvalue weighted by Gasteiger charge is -2.47. The fourth-order valence-electron chi connectivity index (χ4n) is 4.30. The molecule has 0 bridgehead atoms. The van der Waals surface area contributed by atoms with Crippen LogP contribution in [0.3, 0.4) is 0 Å². The molecule has 1 N–H and O–H groups in total. The lowest BCUT2D eigenvalue weighted by molar-refractivity contribution is -0.0461. The molecule has 0 radical (unpaired) electrons. The first-order valence-corrected chi connectivity index (χ1v) is 9.28. The molecule has 4 rings (SSSR count). The Morgan fingerprint density at radius 1 is 1.12 bits per heavy atom. The highest BCUT2D eigenvalue weighted by molar-refractivity contribution is 5.59. The van der Waals surface area contributed by atoms with Crippen molar-refractivity contribution in [3.05, 3.63) is 30.5 Å². The summed E-state index contributed by atoms with van der Waals surface area (Å²) in [6.45, 7) is 4.54. The summed E-state index contributed by atoms with van der Waals surface area (Å²) in [5.74, 6) is 0.254. The quantitative estimate of drug-likeness (QED) is 0.925. The van der Waals surface area contributed by atoms with Crippen LogP contribution in [0, 0.1) is 0 Å². The van der Waals surface area contributed by atoms with Gasteiger partial charge in [0.05, 0.1) is 26.0 Å². The molecule has 2 aromatic rings. The predicted molar refractivity (Wildman–Crippen MR) is 95.3 cm³/mol. The second kappa shape index (κ2) is 7.14.